The van der Waals surface area contributed by atoms with Crippen LogP contribution in [-0.4, -0.2) is 5.78 Å². The molecule has 4 heteroatoms. The summed E-state index contributed by atoms with van der Waals surface area (Å²) in [5.41, 5.74) is 1.53. The van der Waals surface area contributed by atoms with Gasteiger partial charge in [-0.2, -0.15) is 0 Å². The van der Waals surface area contributed by atoms with E-state index in [0.29, 0.717) is 11.3 Å². The number of carbonyl (C=O) groups is 1. The standard InChI is InChI=1S/C15H11ClO2S/c16-19-15(11-6-2-1-3-7-11)10-13(17)12-8-4-5-9-14(12)18-15/h1-9H,10H2. The Balaban J connectivity index is 2.09. The number of hydrogen-bond acceptors (Lipinski definition) is 3. The highest BCUT2D eigenvalue weighted by Gasteiger charge is 2.42. The lowest BCUT2D eigenvalue weighted by molar-refractivity contribution is 0.0789. The molecular formula is C15H11ClO2S. The van der Waals surface area contributed by atoms with Gasteiger partial charge in [0.1, 0.15) is 5.75 Å². The van der Waals surface area contributed by atoms with Crippen molar-refractivity contribution in [3.8, 4) is 5.75 Å². The van der Waals surface area contributed by atoms with Gasteiger partial charge in [-0.1, -0.05) is 42.5 Å². The minimum atomic E-state index is -0.839. The third kappa shape index (κ3) is 2.13. The molecule has 1 heterocycles. The number of Topliss-reactive ketones (excluding diaryl/α,β-unsaturated/α-hetero) is 1. The van der Waals surface area contributed by atoms with Gasteiger partial charge >= 0.3 is 0 Å². The maximum Gasteiger partial charge on any atom is 0.201 e. The second-order valence-electron chi connectivity index (χ2n) is 4.39. The Kier molecular flexibility index (Phi) is 3.25. The second kappa shape index (κ2) is 4.91. The zero-order valence-corrected chi connectivity index (χ0v) is 11.6. The molecule has 2 aromatic carbocycles. The summed E-state index contributed by atoms with van der Waals surface area (Å²) in [7, 11) is 7.09. The summed E-state index contributed by atoms with van der Waals surface area (Å²) >= 11 is 0. The SMILES string of the molecule is O=C1CC(SCl)(c2ccccc2)Oc2ccccc21. The van der Waals surface area contributed by atoms with Crippen LogP contribution in [0, 0.1) is 0 Å². The van der Waals surface area contributed by atoms with Gasteiger partial charge in [-0.15, -0.1) is 0 Å². The quantitative estimate of drug-likeness (QED) is 0.820. The maximum absolute atomic E-state index is 12.3. The summed E-state index contributed by atoms with van der Waals surface area (Å²) in [5.74, 6) is 0.648. The Bertz CT molecular complexity index is 615. The monoisotopic (exact) mass is 290 g/mol. The number of rotatable bonds is 2. The molecule has 0 spiro atoms. The highest BCUT2D eigenvalue weighted by Crippen LogP contribution is 2.48. The van der Waals surface area contributed by atoms with E-state index in [2.05, 4.69) is 0 Å². The fourth-order valence-electron chi connectivity index (χ4n) is 2.25. The van der Waals surface area contributed by atoms with E-state index in [9.17, 15) is 4.79 Å². The van der Waals surface area contributed by atoms with Crippen molar-refractivity contribution in [2.75, 3.05) is 0 Å². The van der Waals surface area contributed by atoms with Crippen molar-refractivity contribution in [1.29, 1.82) is 0 Å². The fourth-order valence-corrected chi connectivity index (χ4v) is 3.30. The molecule has 0 bridgehead atoms. The van der Waals surface area contributed by atoms with Crippen LogP contribution in [0.15, 0.2) is 54.6 Å². The molecule has 0 saturated heterocycles. The molecule has 0 aliphatic carbocycles. The first kappa shape index (κ1) is 12.6. The Labute approximate surface area is 120 Å². The van der Waals surface area contributed by atoms with Crippen molar-refractivity contribution < 1.29 is 9.53 Å². The second-order valence-corrected chi connectivity index (χ2v) is 5.67. The van der Waals surface area contributed by atoms with Crippen molar-refractivity contribution >= 4 is 27.4 Å². The molecule has 0 aromatic heterocycles. The molecule has 1 aliphatic heterocycles. The summed E-state index contributed by atoms with van der Waals surface area (Å²) in [5, 5.41) is 0. The van der Waals surface area contributed by atoms with E-state index in [1.165, 1.54) is 0 Å². The van der Waals surface area contributed by atoms with Gasteiger partial charge in [-0.05, 0) is 33.8 Å². The Morgan fingerprint density at radius 3 is 2.47 bits per heavy atom. The molecule has 0 fully saturated rings. The molecule has 2 nitrogen and oxygen atoms in total. The lowest BCUT2D eigenvalue weighted by atomic mass is 9.96. The minimum absolute atomic E-state index is 0.0545. The average molecular weight is 291 g/mol. The van der Waals surface area contributed by atoms with E-state index in [0.717, 1.165) is 16.5 Å². The largest absolute Gasteiger partial charge is 0.470 e. The lowest BCUT2D eigenvalue weighted by Gasteiger charge is -2.35. The number of fused-ring (bicyclic) bond motifs is 1. The summed E-state index contributed by atoms with van der Waals surface area (Å²) in [6, 6.07) is 16.9. The average Bonchev–Trinajstić information content (AvgIpc) is 2.48. The third-order valence-corrected chi connectivity index (χ3v) is 4.65. The van der Waals surface area contributed by atoms with Crippen LogP contribution >= 0.6 is 21.7 Å². The van der Waals surface area contributed by atoms with Crippen molar-refractivity contribution in [2.45, 2.75) is 11.4 Å². The van der Waals surface area contributed by atoms with E-state index in [1.54, 1.807) is 12.1 Å². The first-order valence-electron chi connectivity index (χ1n) is 5.92. The van der Waals surface area contributed by atoms with Gasteiger partial charge in [0.15, 0.2) is 5.78 Å². The molecule has 0 radical (unpaired) electrons. The van der Waals surface area contributed by atoms with Crippen LogP contribution in [-0.2, 0) is 4.93 Å². The fraction of sp³-hybridized carbons (Fsp3) is 0.133. The highest BCUT2D eigenvalue weighted by molar-refractivity contribution is 8.21. The molecular weight excluding hydrogens is 280 g/mol. The van der Waals surface area contributed by atoms with Gasteiger partial charge in [0.25, 0.3) is 0 Å². The molecule has 2 aromatic rings. The number of para-hydroxylation sites is 1. The van der Waals surface area contributed by atoms with Crippen molar-refractivity contribution in [3.05, 3.63) is 65.7 Å². The molecule has 1 unspecified atom stereocenters. The van der Waals surface area contributed by atoms with Crippen LogP contribution in [0.25, 0.3) is 0 Å². The minimum Gasteiger partial charge on any atom is -0.470 e. The van der Waals surface area contributed by atoms with E-state index in [4.69, 9.17) is 15.4 Å². The van der Waals surface area contributed by atoms with Crippen LogP contribution in [0.5, 0.6) is 5.75 Å². The first-order chi connectivity index (χ1) is 9.25. The predicted molar refractivity (Wildman–Crippen MR) is 77.6 cm³/mol. The Morgan fingerprint density at radius 2 is 1.74 bits per heavy atom. The summed E-state index contributed by atoms with van der Waals surface area (Å²) in [4.78, 5) is 11.4. The summed E-state index contributed by atoms with van der Waals surface area (Å²) in [6.07, 6.45) is 0.238. The van der Waals surface area contributed by atoms with Crippen LogP contribution in [0.1, 0.15) is 22.3 Å². The van der Waals surface area contributed by atoms with Crippen LogP contribution < -0.4 is 4.74 Å². The Hall–Kier alpha value is -1.45. The molecule has 96 valence electrons. The third-order valence-electron chi connectivity index (χ3n) is 3.19. The summed E-state index contributed by atoms with van der Waals surface area (Å²) < 4.78 is 6.04. The van der Waals surface area contributed by atoms with Crippen LogP contribution in [0.4, 0.5) is 0 Å². The summed E-state index contributed by atoms with van der Waals surface area (Å²) in [6.45, 7) is 0. The van der Waals surface area contributed by atoms with E-state index in [1.807, 2.05) is 42.5 Å². The normalized spacial score (nSPS) is 21.6. The number of benzene rings is 2. The number of ketones is 1. The van der Waals surface area contributed by atoms with E-state index >= 15 is 0 Å². The van der Waals surface area contributed by atoms with Gasteiger partial charge in [0.2, 0.25) is 4.93 Å². The first-order valence-corrected chi connectivity index (χ1v) is 7.56. The van der Waals surface area contributed by atoms with Crippen LogP contribution in [0.2, 0.25) is 0 Å². The molecule has 0 N–H and O–H groups in total. The van der Waals surface area contributed by atoms with Crippen LogP contribution in [0.3, 0.4) is 0 Å². The molecule has 19 heavy (non-hydrogen) atoms. The number of halogens is 1. The highest BCUT2D eigenvalue weighted by atomic mass is 35.7. The maximum atomic E-state index is 12.3. The Morgan fingerprint density at radius 1 is 1.05 bits per heavy atom. The van der Waals surface area contributed by atoms with Gasteiger partial charge in [0.05, 0.1) is 12.0 Å². The number of hydrogen-bond donors (Lipinski definition) is 0. The zero-order valence-electron chi connectivity index (χ0n) is 10.0. The van der Waals surface area contributed by atoms with Gasteiger partial charge in [-0.3, -0.25) is 4.79 Å². The number of carbonyl (C=O) groups excluding carboxylic acids is 1. The predicted octanol–water partition coefficient (Wildman–Crippen LogP) is 4.39. The smallest absolute Gasteiger partial charge is 0.201 e. The topological polar surface area (TPSA) is 26.3 Å². The van der Waals surface area contributed by atoms with Crippen molar-refractivity contribution in [3.63, 3.8) is 0 Å². The number of ether oxygens (including phenoxy) is 1. The lowest BCUT2D eigenvalue weighted by Crippen LogP contribution is -2.35. The molecule has 1 atom stereocenters. The van der Waals surface area contributed by atoms with Crippen molar-refractivity contribution in [2.24, 2.45) is 0 Å². The van der Waals surface area contributed by atoms with E-state index < -0.39 is 4.93 Å². The van der Waals surface area contributed by atoms with Gasteiger partial charge < -0.3 is 4.74 Å². The van der Waals surface area contributed by atoms with E-state index in [-0.39, 0.29) is 12.2 Å². The molecule has 1 aliphatic rings. The van der Waals surface area contributed by atoms with Gasteiger partial charge in [-0.25, -0.2) is 0 Å². The molecule has 0 amide bonds. The van der Waals surface area contributed by atoms with Crippen molar-refractivity contribution in [1.82, 2.24) is 0 Å². The molecule has 3 rings (SSSR count). The van der Waals surface area contributed by atoms with Gasteiger partial charge in [0, 0.05) is 5.56 Å². The zero-order chi connectivity index (χ0) is 13.3. The molecule has 0 saturated carbocycles.